The minimum Gasteiger partial charge on any atom is -0.451 e. The van der Waals surface area contributed by atoms with Gasteiger partial charge in [-0.15, -0.1) is 11.3 Å². The third-order valence-electron chi connectivity index (χ3n) is 5.48. The molecule has 2 bridgehead atoms. The van der Waals surface area contributed by atoms with Crippen LogP contribution in [0, 0.1) is 5.41 Å². The van der Waals surface area contributed by atoms with E-state index in [1.165, 1.54) is 24.0 Å². The molecule has 4 heterocycles. The first-order valence-electron chi connectivity index (χ1n) is 8.66. The molecule has 2 fully saturated rings. The number of thiazole rings is 1. The molecule has 0 unspecified atom stereocenters. The minimum atomic E-state index is -0.841. The summed E-state index contributed by atoms with van der Waals surface area (Å²) in [5.74, 6) is -1.11. The number of nitrogens with two attached hydrogens (primary N) is 1. The van der Waals surface area contributed by atoms with Gasteiger partial charge in [-0.25, -0.2) is 9.97 Å². The quantitative estimate of drug-likeness (QED) is 0.732. The molecule has 0 radical (unpaired) electrons. The summed E-state index contributed by atoms with van der Waals surface area (Å²) in [6, 6.07) is -0.349. The van der Waals surface area contributed by atoms with E-state index in [0.29, 0.717) is 19.3 Å². The third kappa shape index (κ3) is 2.99. The SMILES string of the molecule is NC(=O)CNC(=O)[C@@]1(Cc2cscn2)C[C@H]2CC[C@@H]1N2C(=O)c1cocn1. The maximum absolute atomic E-state index is 13.1. The molecule has 0 aromatic carbocycles. The Balaban J connectivity index is 1.66. The van der Waals surface area contributed by atoms with Crippen LogP contribution in [0.4, 0.5) is 0 Å². The second-order valence-electron chi connectivity index (χ2n) is 7.00. The average molecular weight is 389 g/mol. The van der Waals surface area contributed by atoms with Crippen LogP contribution >= 0.6 is 11.3 Å². The summed E-state index contributed by atoms with van der Waals surface area (Å²) in [5.41, 5.74) is 7.10. The number of carbonyl (C=O) groups is 3. The molecular formula is C17H19N5O4S. The summed E-state index contributed by atoms with van der Waals surface area (Å²) in [4.78, 5) is 47.2. The number of hydrogen-bond donors (Lipinski definition) is 2. The fourth-order valence-electron chi connectivity index (χ4n) is 4.45. The van der Waals surface area contributed by atoms with Crippen molar-refractivity contribution in [1.82, 2.24) is 20.2 Å². The Hall–Kier alpha value is -2.75. The summed E-state index contributed by atoms with van der Waals surface area (Å²) in [7, 11) is 0. The van der Waals surface area contributed by atoms with Crippen molar-refractivity contribution in [3.8, 4) is 0 Å². The summed E-state index contributed by atoms with van der Waals surface area (Å²) in [5, 5.41) is 4.55. The molecule has 2 aromatic heterocycles. The number of primary amides is 1. The standard InChI is InChI=1S/C17H19N5O4S/c18-14(23)5-19-16(25)17(3-10-7-27-9-21-10)4-11-1-2-13(17)22(11)15(24)12-6-26-8-20-12/h6-9,11,13H,1-5H2,(H2,18,23)(H,19,25)/t11-,13+,17+/m1/s1. The molecule has 3 amide bonds. The molecule has 0 spiro atoms. The first-order valence-corrected chi connectivity index (χ1v) is 9.60. The van der Waals surface area contributed by atoms with Crippen molar-refractivity contribution in [3.05, 3.63) is 34.9 Å². The summed E-state index contributed by atoms with van der Waals surface area (Å²) >= 11 is 1.46. The van der Waals surface area contributed by atoms with Crippen LogP contribution in [0.1, 0.15) is 35.4 Å². The van der Waals surface area contributed by atoms with E-state index < -0.39 is 11.3 Å². The fraction of sp³-hybridized carbons (Fsp3) is 0.471. The molecule has 27 heavy (non-hydrogen) atoms. The topological polar surface area (TPSA) is 131 Å². The highest BCUT2D eigenvalue weighted by molar-refractivity contribution is 7.07. The molecule has 0 saturated carbocycles. The van der Waals surface area contributed by atoms with Gasteiger partial charge in [0.15, 0.2) is 12.1 Å². The van der Waals surface area contributed by atoms with Crippen molar-refractivity contribution < 1.29 is 18.8 Å². The van der Waals surface area contributed by atoms with E-state index >= 15 is 0 Å². The largest absolute Gasteiger partial charge is 0.451 e. The number of carbonyl (C=O) groups excluding carboxylic acids is 3. The number of hydrogen-bond acceptors (Lipinski definition) is 7. The van der Waals surface area contributed by atoms with Gasteiger partial charge in [0.1, 0.15) is 6.26 Å². The highest BCUT2D eigenvalue weighted by atomic mass is 32.1. The molecule has 142 valence electrons. The maximum atomic E-state index is 13.1. The molecular weight excluding hydrogens is 370 g/mol. The number of oxazole rings is 1. The predicted octanol–water partition coefficient (Wildman–Crippen LogP) is 0.339. The number of aromatic nitrogens is 2. The van der Waals surface area contributed by atoms with Gasteiger partial charge in [0.05, 0.1) is 23.2 Å². The second-order valence-corrected chi connectivity index (χ2v) is 7.72. The lowest BCUT2D eigenvalue weighted by atomic mass is 9.70. The van der Waals surface area contributed by atoms with Crippen LogP contribution in [0.3, 0.4) is 0 Å². The third-order valence-corrected chi connectivity index (χ3v) is 6.12. The van der Waals surface area contributed by atoms with Crippen LogP contribution in [-0.2, 0) is 16.0 Å². The van der Waals surface area contributed by atoms with Crippen LogP contribution in [0.5, 0.6) is 0 Å². The van der Waals surface area contributed by atoms with E-state index in [4.69, 9.17) is 10.2 Å². The second kappa shape index (κ2) is 6.76. The van der Waals surface area contributed by atoms with Crippen LogP contribution in [0.15, 0.2) is 28.0 Å². The van der Waals surface area contributed by atoms with Crippen LogP contribution < -0.4 is 11.1 Å². The molecule has 0 aliphatic carbocycles. The Kier molecular flexibility index (Phi) is 4.42. The Morgan fingerprint density at radius 1 is 1.37 bits per heavy atom. The van der Waals surface area contributed by atoms with Crippen molar-refractivity contribution in [2.45, 2.75) is 37.8 Å². The molecule has 3 N–H and O–H groups in total. The van der Waals surface area contributed by atoms with Crippen molar-refractivity contribution >= 4 is 29.1 Å². The van der Waals surface area contributed by atoms with Gasteiger partial charge in [0, 0.05) is 23.9 Å². The summed E-state index contributed by atoms with van der Waals surface area (Å²) in [6.07, 6.45) is 5.00. The van der Waals surface area contributed by atoms with E-state index in [1.807, 2.05) is 5.38 Å². The molecule has 10 heteroatoms. The van der Waals surface area contributed by atoms with Crippen LogP contribution in [0.25, 0.3) is 0 Å². The number of nitrogens with one attached hydrogen (secondary N) is 1. The lowest BCUT2D eigenvalue weighted by molar-refractivity contribution is -0.134. The number of rotatable bonds is 6. The van der Waals surface area contributed by atoms with E-state index in [2.05, 4.69) is 15.3 Å². The number of fused-ring (bicyclic) bond motifs is 2. The highest BCUT2D eigenvalue weighted by Crippen LogP contribution is 2.52. The lowest BCUT2D eigenvalue weighted by Crippen LogP contribution is -2.52. The van der Waals surface area contributed by atoms with Gasteiger partial charge in [0.25, 0.3) is 5.91 Å². The summed E-state index contributed by atoms with van der Waals surface area (Å²) < 4.78 is 4.94. The molecule has 2 saturated heterocycles. The van der Waals surface area contributed by atoms with Crippen molar-refractivity contribution in [2.75, 3.05) is 6.54 Å². The molecule has 2 aromatic rings. The van der Waals surface area contributed by atoms with Crippen LogP contribution in [0.2, 0.25) is 0 Å². The first kappa shape index (κ1) is 17.7. The summed E-state index contributed by atoms with van der Waals surface area (Å²) in [6.45, 7) is -0.230. The maximum Gasteiger partial charge on any atom is 0.276 e. The highest BCUT2D eigenvalue weighted by Gasteiger charge is 2.61. The molecule has 2 aliphatic heterocycles. The zero-order chi connectivity index (χ0) is 19.0. The van der Waals surface area contributed by atoms with E-state index in [-0.39, 0.29) is 36.1 Å². The van der Waals surface area contributed by atoms with Crippen LogP contribution in [-0.4, -0.2) is 51.2 Å². The zero-order valence-electron chi connectivity index (χ0n) is 14.5. The lowest BCUT2D eigenvalue weighted by Gasteiger charge is -2.35. The predicted molar refractivity (Wildman–Crippen MR) is 94.6 cm³/mol. The smallest absolute Gasteiger partial charge is 0.276 e. The van der Waals surface area contributed by atoms with Gasteiger partial charge in [0.2, 0.25) is 11.8 Å². The normalized spacial score (nSPS) is 26.3. The Morgan fingerprint density at radius 3 is 2.89 bits per heavy atom. The Labute approximate surface area is 158 Å². The van der Waals surface area contributed by atoms with Gasteiger partial charge in [-0.2, -0.15) is 0 Å². The molecule has 9 nitrogen and oxygen atoms in total. The minimum absolute atomic E-state index is 0.0582. The van der Waals surface area contributed by atoms with E-state index in [1.54, 1.807) is 10.4 Å². The fourth-order valence-corrected chi connectivity index (χ4v) is 5.00. The monoisotopic (exact) mass is 389 g/mol. The Morgan fingerprint density at radius 2 is 2.22 bits per heavy atom. The van der Waals surface area contributed by atoms with Crippen molar-refractivity contribution in [2.24, 2.45) is 11.1 Å². The van der Waals surface area contributed by atoms with Crippen molar-refractivity contribution in [1.29, 1.82) is 0 Å². The zero-order valence-corrected chi connectivity index (χ0v) is 15.3. The Bertz CT molecular complexity index is 853. The number of nitrogens with zero attached hydrogens (tertiary/aromatic N) is 3. The molecule has 3 atom stereocenters. The first-order chi connectivity index (χ1) is 13.0. The van der Waals surface area contributed by atoms with Gasteiger partial charge in [-0.05, 0) is 19.3 Å². The van der Waals surface area contributed by atoms with Gasteiger partial charge < -0.3 is 20.4 Å². The average Bonchev–Trinajstić information content (AvgIpc) is 3.42. The molecule has 2 aliphatic rings. The van der Waals surface area contributed by atoms with Gasteiger partial charge in [-0.3, -0.25) is 14.4 Å². The van der Waals surface area contributed by atoms with Gasteiger partial charge >= 0.3 is 0 Å². The number of amides is 3. The van der Waals surface area contributed by atoms with Crippen molar-refractivity contribution in [3.63, 3.8) is 0 Å². The van der Waals surface area contributed by atoms with Gasteiger partial charge in [-0.1, -0.05) is 0 Å². The molecule has 4 rings (SSSR count). The van der Waals surface area contributed by atoms with E-state index in [9.17, 15) is 14.4 Å². The van der Waals surface area contributed by atoms with E-state index in [0.717, 1.165) is 12.1 Å².